The zero-order valence-electron chi connectivity index (χ0n) is 15.1. The van der Waals surface area contributed by atoms with Gasteiger partial charge >= 0.3 is 0 Å². The Morgan fingerprint density at radius 3 is 2.58 bits per heavy atom. The van der Waals surface area contributed by atoms with Crippen molar-refractivity contribution in [1.29, 1.82) is 0 Å². The molecule has 1 N–H and O–H groups in total. The third-order valence-electron chi connectivity index (χ3n) is 5.23. The third kappa shape index (κ3) is 3.41. The number of aliphatic hydroxyl groups is 1. The van der Waals surface area contributed by atoms with Crippen molar-refractivity contribution in [2.45, 2.75) is 18.9 Å². The van der Waals surface area contributed by atoms with Crippen LogP contribution >= 0.6 is 0 Å². The Labute approximate surface area is 154 Å². The molecule has 26 heavy (non-hydrogen) atoms. The quantitative estimate of drug-likeness (QED) is 0.769. The van der Waals surface area contributed by atoms with E-state index in [2.05, 4.69) is 40.2 Å². The van der Waals surface area contributed by atoms with E-state index in [0.717, 1.165) is 25.1 Å². The predicted molar refractivity (Wildman–Crippen MR) is 107 cm³/mol. The van der Waals surface area contributed by atoms with Crippen molar-refractivity contribution in [3.63, 3.8) is 0 Å². The van der Waals surface area contributed by atoms with Gasteiger partial charge in [0.05, 0.1) is 5.60 Å². The largest absolute Gasteiger partial charge is 0.384 e. The zero-order valence-corrected chi connectivity index (χ0v) is 15.1. The minimum atomic E-state index is -0.840. The topological polar surface area (TPSA) is 36.4 Å². The van der Waals surface area contributed by atoms with Crippen LogP contribution in [0, 0.1) is 0 Å². The minimum absolute atomic E-state index is 0.634. The van der Waals surface area contributed by atoms with Crippen molar-refractivity contribution < 1.29 is 5.11 Å². The molecule has 3 nitrogen and oxygen atoms in total. The van der Waals surface area contributed by atoms with E-state index in [-0.39, 0.29) is 0 Å². The van der Waals surface area contributed by atoms with E-state index in [1.54, 1.807) is 0 Å². The number of nitrogens with zero attached hydrogens (tertiary/aromatic N) is 2. The van der Waals surface area contributed by atoms with Crippen LogP contribution in [0.4, 0.5) is 0 Å². The molecule has 0 saturated heterocycles. The van der Waals surface area contributed by atoms with Crippen molar-refractivity contribution in [2.75, 3.05) is 19.6 Å². The molecule has 0 aliphatic carbocycles. The molecule has 2 aromatic carbocycles. The Balaban J connectivity index is 1.52. The Hall–Kier alpha value is -2.49. The molecule has 0 spiro atoms. The van der Waals surface area contributed by atoms with Gasteiger partial charge in [-0.25, -0.2) is 0 Å². The van der Waals surface area contributed by atoms with Crippen LogP contribution in [0.5, 0.6) is 0 Å². The van der Waals surface area contributed by atoms with Gasteiger partial charge in [-0.1, -0.05) is 60.7 Å². The van der Waals surface area contributed by atoms with E-state index < -0.39 is 5.60 Å². The summed E-state index contributed by atoms with van der Waals surface area (Å²) in [5.74, 6) is 0. The van der Waals surface area contributed by atoms with Crippen LogP contribution in [-0.2, 0) is 5.60 Å². The first-order valence-corrected chi connectivity index (χ1v) is 9.16. The van der Waals surface area contributed by atoms with E-state index in [1.165, 1.54) is 21.9 Å². The van der Waals surface area contributed by atoms with Crippen LogP contribution in [0.2, 0.25) is 0 Å². The van der Waals surface area contributed by atoms with Crippen LogP contribution in [0.25, 0.3) is 16.3 Å². The van der Waals surface area contributed by atoms with Gasteiger partial charge in [0.15, 0.2) is 0 Å². The molecule has 0 fully saturated rings. The van der Waals surface area contributed by atoms with Crippen LogP contribution in [0.1, 0.15) is 24.5 Å². The molecule has 3 heteroatoms. The normalized spacial score (nSPS) is 17.7. The average Bonchev–Trinajstić information content (AvgIpc) is 2.69. The molecule has 0 radical (unpaired) electrons. The molecule has 0 amide bonds. The van der Waals surface area contributed by atoms with Crippen molar-refractivity contribution in [3.05, 3.63) is 84.2 Å². The van der Waals surface area contributed by atoms with E-state index >= 15 is 0 Å². The van der Waals surface area contributed by atoms with Crippen molar-refractivity contribution in [1.82, 2.24) is 9.88 Å². The lowest BCUT2D eigenvalue weighted by atomic mass is 9.93. The maximum atomic E-state index is 10.9. The molecule has 1 aliphatic rings. The highest BCUT2D eigenvalue weighted by Gasteiger charge is 2.27. The van der Waals surface area contributed by atoms with Gasteiger partial charge in [-0.15, -0.1) is 0 Å². The second-order valence-corrected chi connectivity index (χ2v) is 7.26. The van der Waals surface area contributed by atoms with E-state index in [9.17, 15) is 5.11 Å². The highest BCUT2D eigenvalue weighted by molar-refractivity contribution is 5.93. The van der Waals surface area contributed by atoms with Crippen molar-refractivity contribution in [3.8, 4) is 0 Å². The lowest BCUT2D eigenvalue weighted by Crippen LogP contribution is -2.40. The molecule has 0 unspecified atom stereocenters. The molecule has 1 atom stereocenters. The zero-order chi connectivity index (χ0) is 18.0. The number of hydrogen-bond acceptors (Lipinski definition) is 3. The first-order chi connectivity index (χ1) is 12.6. The number of β-amino-alcohol motifs (C(OH)–C–C–N with tert-alkyl or cyclic N) is 1. The first-order valence-electron chi connectivity index (χ1n) is 9.16. The number of fused-ring (bicyclic) bond motifs is 1. The highest BCUT2D eigenvalue weighted by atomic mass is 16.3. The smallest absolute Gasteiger partial charge is 0.0994 e. The summed E-state index contributed by atoms with van der Waals surface area (Å²) in [5, 5.41) is 13.3. The van der Waals surface area contributed by atoms with Gasteiger partial charge in [0.25, 0.3) is 0 Å². The molecule has 0 saturated carbocycles. The summed E-state index contributed by atoms with van der Waals surface area (Å²) in [4.78, 5) is 6.73. The van der Waals surface area contributed by atoms with Crippen LogP contribution < -0.4 is 0 Å². The molecule has 1 aromatic heterocycles. The lowest BCUT2D eigenvalue weighted by molar-refractivity contribution is 0.0189. The minimum Gasteiger partial charge on any atom is -0.384 e. The van der Waals surface area contributed by atoms with E-state index in [4.69, 9.17) is 0 Å². The molecular formula is C23H24N2O. The summed E-state index contributed by atoms with van der Waals surface area (Å²) in [5.41, 5.74) is 2.71. The van der Waals surface area contributed by atoms with Gasteiger partial charge in [0.1, 0.15) is 0 Å². The second-order valence-electron chi connectivity index (χ2n) is 7.26. The Morgan fingerprint density at radius 1 is 1.04 bits per heavy atom. The monoisotopic (exact) mass is 344 g/mol. The number of hydrogen-bond donors (Lipinski definition) is 1. The van der Waals surface area contributed by atoms with Gasteiger partial charge in [-0.3, -0.25) is 9.88 Å². The average molecular weight is 344 g/mol. The molecule has 3 aromatic rings. The van der Waals surface area contributed by atoms with Gasteiger partial charge < -0.3 is 5.11 Å². The summed E-state index contributed by atoms with van der Waals surface area (Å²) in [6.45, 7) is 4.32. The van der Waals surface area contributed by atoms with E-state index in [1.807, 2.05) is 49.6 Å². The lowest BCUT2D eigenvalue weighted by Gasteiger charge is -2.34. The fourth-order valence-corrected chi connectivity index (χ4v) is 3.80. The van der Waals surface area contributed by atoms with Crippen molar-refractivity contribution in [2.24, 2.45) is 0 Å². The maximum Gasteiger partial charge on any atom is 0.0994 e. The summed E-state index contributed by atoms with van der Waals surface area (Å²) >= 11 is 0. The fraction of sp³-hybridized carbons (Fsp3) is 0.261. The van der Waals surface area contributed by atoms with Gasteiger partial charge in [0.2, 0.25) is 0 Å². The van der Waals surface area contributed by atoms with E-state index in [0.29, 0.717) is 6.54 Å². The van der Waals surface area contributed by atoms with Crippen LogP contribution in [-0.4, -0.2) is 34.6 Å². The molecular weight excluding hydrogens is 320 g/mol. The summed E-state index contributed by atoms with van der Waals surface area (Å²) in [6, 6.07) is 18.3. The summed E-state index contributed by atoms with van der Waals surface area (Å²) < 4.78 is 0. The SMILES string of the molecule is C[C@@](O)(CN1CC=C(c2cncc3ccccc23)CC1)c1ccccc1. The number of rotatable bonds is 4. The van der Waals surface area contributed by atoms with Crippen molar-refractivity contribution >= 4 is 16.3 Å². The van der Waals surface area contributed by atoms with Gasteiger partial charge in [-0.2, -0.15) is 0 Å². The van der Waals surface area contributed by atoms with Crippen LogP contribution in [0.15, 0.2) is 73.1 Å². The maximum absolute atomic E-state index is 10.9. The molecule has 4 rings (SSSR count). The fourth-order valence-electron chi connectivity index (χ4n) is 3.80. The Kier molecular flexibility index (Phi) is 4.58. The number of aromatic nitrogens is 1. The summed E-state index contributed by atoms with van der Waals surface area (Å²) in [7, 11) is 0. The highest BCUT2D eigenvalue weighted by Crippen LogP contribution is 2.29. The molecule has 1 aliphatic heterocycles. The molecule has 0 bridgehead atoms. The van der Waals surface area contributed by atoms with Gasteiger partial charge in [0, 0.05) is 43.0 Å². The second kappa shape index (κ2) is 7.02. The molecule has 2 heterocycles. The molecule has 132 valence electrons. The first kappa shape index (κ1) is 17.0. The van der Waals surface area contributed by atoms with Gasteiger partial charge in [-0.05, 0) is 29.9 Å². The number of pyridine rings is 1. The predicted octanol–water partition coefficient (Wildman–Crippen LogP) is 4.23. The standard InChI is InChI=1S/C23H24N2O/c1-23(26,20-8-3-2-4-9-20)17-25-13-11-18(12-14-25)22-16-24-15-19-7-5-6-10-21(19)22/h2-11,15-16,26H,12-14,17H2,1H3/t23-/m1/s1. The summed E-state index contributed by atoms with van der Waals surface area (Å²) in [6.07, 6.45) is 7.16. The van der Waals surface area contributed by atoms with Crippen LogP contribution in [0.3, 0.4) is 0 Å². The Morgan fingerprint density at radius 2 is 1.81 bits per heavy atom. The number of benzene rings is 2. The Bertz CT molecular complexity index is 926. The third-order valence-corrected chi connectivity index (χ3v) is 5.23.